The van der Waals surface area contributed by atoms with E-state index >= 15 is 0 Å². The van der Waals surface area contributed by atoms with Gasteiger partial charge < -0.3 is 5.32 Å². The van der Waals surface area contributed by atoms with E-state index in [-0.39, 0.29) is 0 Å². The summed E-state index contributed by atoms with van der Waals surface area (Å²) < 4.78 is 0. The quantitative estimate of drug-likeness (QED) is 0.794. The minimum Gasteiger partial charge on any atom is -0.316 e. The second-order valence-electron chi connectivity index (χ2n) is 5.76. The smallest absolute Gasteiger partial charge is 0.0203 e. The van der Waals surface area contributed by atoms with E-state index in [0.29, 0.717) is 5.41 Å². The standard InChI is InChI=1S/C13H27NS/c1-6-15-12-9-10(13(2,3)4)7-8-11(12)14-5/h10-12,14H,6-9H2,1-5H3. The van der Waals surface area contributed by atoms with E-state index in [1.807, 2.05) is 0 Å². The maximum atomic E-state index is 3.49. The second kappa shape index (κ2) is 5.58. The van der Waals surface area contributed by atoms with E-state index in [1.165, 1.54) is 25.0 Å². The summed E-state index contributed by atoms with van der Waals surface area (Å²) in [5.74, 6) is 2.16. The molecular formula is C13H27NS. The Kier molecular flexibility index (Phi) is 4.98. The Morgan fingerprint density at radius 2 is 1.93 bits per heavy atom. The molecule has 1 nitrogen and oxygen atoms in total. The number of nitrogens with one attached hydrogen (secondary N) is 1. The third-order valence-corrected chi connectivity index (χ3v) is 5.05. The van der Waals surface area contributed by atoms with Crippen LogP contribution in [-0.2, 0) is 0 Å². The van der Waals surface area contributed by atoms with Crippen molar-refractivity contribution in [2.75, 3.05) is 12.8 Å². The Hall–Kier alpha value is 0.310. The lowest BCUT2D eigenvalue weighted by molar-refractivity contribution is 0.167. The lowest BCUT2D eigenvalue weighted by Gasteiger charge is -2.41. The average Bonchev–Trinajstić information content (AvgIpc) is 2.17. The van der Waals surface area contributed by atoms with Gasteiger partial charge in [-0.05, 0) is 43.4 Å². The highest BCUT2D eigenvalue weighted by Crippen LogP contribution is 2.41. The summed E-state index contributed by atoms with van der Waals surface area (Å²) >= 11 is 2.14. The van der Waals surface area contributed by atoms with Crippen molar-refractivity contribution in [1.82, 2.24) is 5.32 Å². The molecule has 0 aromatic heterocycles. The summed E-state index contributed by atoms with van der Waals surface area (Å²) in [6, 6.07) is 0.744. The van der Waals surface area contributed by atoms with Crippen LogP contribution in [0.15, 0.2) is 0 Å². The molecule has 3 atom stereocenters. The van der Waals surface area contributed by atoms with E-state index in [4.69, 9.17) is 0 Å². The van der Waals surface area contributed by atoms with Gasteiger partial charge in [-0.2, -0.15) is 11.8 Å². The summed E-state index contributed by atoms with van der Waals surface area (Å²) in [4.78, 5) is 0. The third kappa shape index (κ3) is 3.67. The topological polar surface area (TPSA) is 12.0 Å². The van der Waals surface area contributed by atoms with Crippen LogP contribution in [0.2, 0.25) is 0 Å². The highest BCUT2D eigenvalue weighted by molar-refractivity contribution is 7.99. The zero-order valence-electron chi connectivity index (χ0n) is 11.0. The van der Waals surface area contributed by atoms with Crippen LogP contribution in [0.4, 0.5) is 0 Å². The molecule has 0 amide bonds. The van der Waals surface area contributed by atoms with Crippen molar-refractivity contribution >= 4 is 11.8 Å². The Labute approximate surface area is 99.8 Å². The highest BCUT2D eigenvalue weighted by Gasteiger charge is 2.35. The van der Waals surface area contributed by atoms with Gasteiger partial charge in [-0.15, -0.1) is 0 Å². The van der Waals surface area contributed by atoms with Gasteiger partial charge in [-0.1, -0.05) is 27.7 Å². The Morgan fingerprint density at radius 1 is 1.27 bits per heavy atom. The molecule has 1 rings (SSSR count). The van der Waals surface area contributed by atoms with Gasteiger partial charge in [0, 0.05) is 11.3 Å². The van der Waals surface area contributed by atoms with Crippen LogP contribution in [0.25, 0.3) is 0 Å². The van der Waals surface area contributed by atoms with Gasteiger partial charge in [0.25, 0.3) is 0 Å². The van der Waals surface area contributed by atoms with Gasteiger partial charge in [-0.3, -0.25) is 0 Å². The molecule has 1 aliphatic carbocycles. The molecule has 0 aliphatic heterocycles. The van der Waals surface area contributed by atoms with Gasteiger partial charge in [0.2, 0.25) is 0 Å². The fourth-order valence-electron chi connectivity index (χ4n) is 2.64. The summed E-state index contributed by atoms with van der Waals surface area (Å²) in [6.45, 7) is 9.46. The molecule has 0 heterocycles. The molecule has 3 unspecified atom stereocenters. The van der Waals surface area contributed by atoms with Crippen molar-refractivity contribution in [3.8, 4) is 0 Å². The van der Waals surface area contributed by atoms with E-state index < -0.39 is 0 Å². The molecule has 0 aromatic rings. The molecule has 0 spiro atoms. The predicted molar refractivity (Wildman–Crippen MR) is 71.6 cm³/mol. The molecule has 0 saturated heterocycles. The first kappa shape index (κ1) is 13.4. The molecule has 0 aromatic carbocycles. The predicted octanol–water partition coefficient (Wildman–Crippen LogP) is 3.54. The van der Waals surface area contributed by atoms with Crippen LogP contribution in [0.1, 0.15) is 47.0 Å². The van der Waals surface area contributed by atoms with Gasteiger partial charge >= 0.3 is 0 Å². The summed E-state index contributed by atoms with van der Waals surface area (Å²) in [7, 11) is 2.12. The van der Waals surface area contributed by atoms with Crippen LogP contribution in [-0.4, -0.2) is 24.1 Å². The van der Waals surface area contributed by atoms with Crippen LogP contribution < -0.4 is 5.32 Å². The lowest BCUT2D eigenvalue weighted by atomic mass is 9.71. The van der Waals surface area contributed by atoms with Crippen molar-refractivity contribution < 1.29 is 0 Å². The van der Waals surface area contributed by atoms with Crippen molar-refractivity contribution in [1.29, 1.82) is 0 Å². The molecule has 90 valence electrons. The van der Waals surface area contributed by atoms with E-state index in [0.717, 1.165) is 17.2 Å². The number of thioether (sulfide) groups is 1. The number of hydrogen-bond donors (Lipinski definition) is 1. The molecule has 1 saturated carbocycles. The molecule has 1 fully saturated rings. The molecule has 1 N–H and O–H groups in total. The summed E-state index contributed by atoms with van der Waals surface area (Å²) in [5, 5.41) is 4.32. The molecule has 2 heteroatoms. The van der Waals surface area contributed by atoms with Crippen LogP contribution in [0, 0.1) is 11.3 Å². The molecular weight excluding hydrogens is 202 g/mol. The maximum Gasteiger partial charge on any atom is 0.0203 e. The minimum absolute atomic E-state index is 0.491. The lowest BCUT2D eigenvalue weighted by Crippen LogP contribution is -2.43. The fraction of sp³-hybridized carbons (Fsp3) is 1.00. The molecule has 15 heavy (non-hydrogen) atoms. The SMILES string of the molecule is CCSC1CC(C(C)(C)C)CCC1NC. The first-order valence-electron chi connectivity index (χ1n) is 6.28. The van der Waals surface area contributed by atoms with E-state index in [2.05, 4.69) is 51.8 Å². The number of hydrogen-bond acceptors (Lipinski definition) is 2. The Balaban J connectivity index is 2.57. The van der Waals surface area contributed by atoms with Crippen molar-refractivity contribution in [3.63, 3.8) is 0 Å². The monoisotopic (exact) mass is 229 g/mol. The zero-order valence-corrected chi connectivity index (χ0v) is 11.8. The summed E-state index contributed by atoms with van der Waals surface area (Å²) in [5.41, 5.74) is 0.491. The van der Waals surface area contributed by atoms with E-state index in [9.17, 15) is 0 Å². The Morgan fingerprint density at radius 3 is 2.40 bits per heavy atom. The fourth-order valence-corrected chi connectivity index (χ4v) is 3.95. The largest absolute Gasteiger partial charge is 0.316 e. The van der Waals surface area contributed by atoms with Gasteiger partial charge in [0.15, 0.2) is 0 Å². The van der Waals surface area contributed by atoms with Gasteiger partial charge in [0.1, 0.15) is 0 Å². The highest BCUT2D eigenvalue weighted by atomic mass is 32.2. The van der Waals surface area contributed by atoms with Crippen molar-refractivity contribution in [2.45, 2.75) is 58.2 Å². The second-order valence-corrected chi connectivity index (χ2v) is 7.28. The molecule has 0 radical (unpaired) electrons. The van der Waals surface area contributed by atoms with Crippen LogP contribution in [0.3, 0.4) is 0 Å². The molecule has 0 bridgehead atoms. The maximum absolute atomic E-state index is 3.49. The van der Waals surface area contributed by atoms with Crippen LogP contribution >= 0.6 is 11.8 Å². The first-order chi connectivity index (χ1) is 6.99. The third-order valence-electron chi connectivity index (χ3n) is 3.77. The van der Waals surface area contributed by atoms with Crippen molar-refractivity contribution in [3.05, 3.63) is 0 Å². The average molecular weight is 229 g/mol. The van der Waals surface area contributed by atoms with Crippen LogP contribution in [0.5, 0.6) is 0 Å². The molecule has 1 aliphatic rings. The van der Waals surface area contributed by atoms with Gasteiger partial charge in [0.05, 0.1) is 0 Å². The van der Waals surface area contributed by atoms with Gasteiger partial charge in [-0.25, -0.2) is 0 Å². The number of rotatable bonds is 3. The van der Waals surface area contributed by atoms with Crippen molar-refractivity contribution in [2.24, 2.45) is 11.3 Å². The minimum atomic E-state index is 0.491. The summed E-state index contributed by atoms with van der Waals surface area (Å²) in [6.07, 6.45) is 4.15. The van der Waals surface area contributed by atoms with E-state index in [1.54, 1.807) is 0 Å². The Bertz CT molecular complexity index is 185. The normalized spacial score (nSPS) is 33.0. The first-order valence-corrected chi connectivity index (χ1v) is 7.32. The zero-order chi connectivity index (χ0) is 11.5.